The molecule has 0 spiro atoms. The number of hydrogen-bond donors (Lipinski definition) is 1. The van der Waals surface area contributed by atoms with E-state index >= 15 is 0 Å². The number of imide groups is 1. The van der Waals surface area contributed by atoms with Crippen LogP contribution in [0.15, 0.2) is 48.5 Å². The molecule has 0 saturated carbocycles. The molecule has 1 aliphatic rings. The second kappa shape index (κ2) is 8.65. The van der Waals surface area contributed by atoms with Gasteiger partial charge in [0.1, 0.15) is 5.82 Å². The van der Waals surface area contributed by atoms with Gasteiger partial charge >= 0.3 is 6.09 Å². The van der Waals surface area contributed by atoms with E-state index in [2.05, 4.69) is 5.32 Å². The first-order chi connectivity index (χ1) is 13.4. The average Bonchev–Trinajstić information content (AvgIpc) is 3.01. The summed E-state index contributed by atoms with van der Waals surface area (Å²) in [6.07, 6.45) is -0.172. The molecule has 2 aromatic carbocycles. The van der Waals surface area contributed by atoms with Crippen LogP contribution in [-0.4, -0.2) is 36.0 Å². The summed E-state index contributed by atoms with van der Waals surface area (Å²) in [7, 11) is 0. The lowest BCUT2D eigenvalue weighted by Crippen LogP contribution is -2.40. The first-order valence-electron chi connectivity index (χ1n) is 9.00. The average molecular weight is 384 g/mol. The third-order valence-corrected chi connectivity index (χ3v) is 4.62. The molecule has 0 unspecified atom stereocenters. The third-order valence-electron chi connectivity index (χ3n) is 4.62. The van der Waals surface area contributed by atoms with Crippen LogP contribution in [0.1, 0.15) is 29.2 Å². The summed E-state index contributed by atoms with van der Waals surface area (Å²) < 4.78 is 18.4. The molecule has 146 valence electrons. The largest absolute Gasteiger partial charge is 0.439 e. The highest BCUT2D eigenvalue weighted by molar-refractivity contribution is 5.97. The molecular formula is C21H21FN2O4. The van der Waals surface area contributed by atoms with Crippen LogP contribution in [0.2, 0.25) is 0 Å². The van der Waals surface area contributed by atoms with Crippen molar-refractivity contribution in [3.8, 4) is 0 Å². The molecule has 1 fully saturated rings. The molecule has 6 nitrogen and oxygen atoms in total. The van der Waals surface area contributed by atoms with E-state index in [0.29, 0.717) is 12.0 Å². The zero-order chi connectivity index (χ0) is 20.1. The van der Waals surface area contributed by atoms with Crippen molar-refractivity contribution in [2.24, 2.45) is 0 Å². The van der Waals surface area contributed by atoms with Gasteiger partial charge in [0.2, 0.25) is 5.91 Å². The summed E-state index contributed by atoms with van der Waals surface area (Å²) in [5, 5.41) is 2.86. The highest BCUT2D eigenvalue weighted by atomic mass is 19.1. The minimum atomic E-state index is -0.713. The summed E-state index contributed by atoms with van der Waals surface area (Å²) in [6, 6.07) is 13.4. The van der Waals surface area contributed by atoms with E-state index in [9.17, 15) is 18.8 Å². The molecule has 7 heteroatoms. The molecule has 0 aliphatic carbocycles. The van der Waals surface area contributed by atoms with Gasteiger partial charge in [-0.3, -0.25) is 9.59 Å². The van der Waals surface area contributed by atoms with E-state index in [1.165, 1.54) is 6.07 Å². The molecular weight excluding hydrogens is 363 g/mol. The number of hydrogen-bond acceptors (Lipinski definition) is 4. The van der Waals surface area contributed by atoms with Crippen molar-refractivity contribution in [2.45, 2.75) is 25.8 Å². The Morgan fingerprint density at radius 1 is 1.21 bits per heavy atom. The molecule has 0 aromatic heterocycles. The highest BCUT2D eigenvalue weighted by Gasteiger charge is 2.33. The van der Waals surface area contributed by atoms with Crippen LogP contribution >= 0.6 is 0 Å². The minimum absolute atomic E-state index is 0.00736. The lowest BCUT2D eigenvalue weighted by atomic mass is 10.0. The Kier molecular flexibility index (Phi) is 6.03. The smallest absolute Gasteiger partial charge is 0.417 e. The molecule has 1 heterocycles. The number of benzene rings is 2. The normalized spacial score (nSPS) is 14.7. The van der Waals surface area contributed by atoms with E-state index in [0.717, 1.165) is 16.0 Å². The standard InChI is InChI=1S/C21H21FN2O4/c1-14-7-8-15(11-17(14)22)9-10-19(25)23-18(16-5-3-2-4-6-16)12-24-20(26)13-28-21(24)27/h2-8,11,18H,9-10,12-13H2,1H3,(H,23,25)/t18-/m0/s1. The van der Waals surface area contributed by atoms with Crippen molar-refractivity contribution >= 4 is 17.9 Å². The van der Waals surface area contributed by atoms with Crippen LogP contribution in [0.4, 0.5) is 9.18 Å². The summed E-state index contributed by atoms with van der Waals surface area (Å²) in [5.74, 6) is -0.990. The van der Waals surface area contributed by atoms with Gasteiger partial charge in [0.15, 0.2) is 6.61 Å². The van der Waals surface area contributed by atoms with Crippen LogP contribution < -0.4 is 5.32 Å². The summed E-state index contributed by atoms with van der Waals surface area (Å²) in [4.78, 5) is 37.0. The third kappa shape index (κ3) is 4.73. The molecule has 28 heavy (non-hydrogen) atoms. The predicted molar refractivity (Wildman–Crippen MR) is 99.8 cm³/mol. The van der Waals surface area contributed by atoms with Gasteiger partial charge < -0.3 is 10.1 Å². The van der Waals surface area contributed by atoms with Gasteiger partial charge in [0.25, 0.3) is 5.91 Å². The van der Waals surface area contributed by atoms with E-state index in [1.54, 1.807) is 19.1 Å². The number of rotatable bonds is 7. The predicted octanol–water partition coefficient (Wildman–Crippen LogP) is 2.90. The number of nitrogens with zero attached hydrogens (tertiary/aromatic N) is 1. The number of aryl methyl sites for hydroxylation is 2. The van der Waals surface area contributed by atoms with Crippen LogP contribution in [-0.2, 0) is 20.7 Å². The van der Waals surface area contributed by atoms with E-state index in [-0.39, 0.29) is 31.3 Å². The number of ether oxygens (including phenoxy) is 1. The topological polar surface area (TPSA) is 75.7 Å². The first kappa shape index (κ1) is 19.5. The van der Waals surface area contributed by atoms with Crippen LogP contribution in [0.25, 0.3) is 0 Å². The Hall–Kier alpha value is -3.22. The van der Waals surface area contributed by atoms with Crippen molar-refractivity contribution in [3.63, 3.8) is 0 Å². The fraction of sp³-hybridized carbons (Fsp3) is 0.286. The van der Waals surface area contributed by atoms with Crippen molar-refractivity contribution in [1.82, 2.24) is 10.2 Å². The lowest BCUT2D eigenvalue weighted by Gasteiger charge is -2.23. The number of amides is 3. The summed E-state index contributed by atoms with van der Waals surface area (Å²) >= 11 is 0. The molecule has 1 saturated heterocycles. The van der Waals surface area contributed by atoms with Gasteiger partial charge in [0, 0.05) is 6.42 Å². The van der Waals surface area contributed by atoms with Crippen LogP contribution in [0, 0.1) is 12.7 Å². The second-order valence-corrected chi connectivity index (χ2v) is 6.67. The zero-order valence-corrected chi connectivity index (χ0v) is 15.5. The Balaban J connectivity index is 1.66. The Bertz CT molecular complexity index is 869. The SMILES string of the molecule is Cc1ccc(CCC(=O)N[C@@H](CN2C(=O)COC2=O)c2ccccc2)cc1F. The number of halogens is 1. The number of cyclic esters (lactones) is 1. The van der Waals surface area contributed by atoms with E-state index in [4.69, 9.17) is 4.74 Å². The van der Waals surface area contributed by atoms with Crippen LogP contribution in [0.5, 0.6) is 0 Å². The van der Waals surface area contributed by atoms with E-state index < -0.39 is 18.0 Å². The zero-order valence-electron chi connectivity index (χ0n) is 15.5. The molecule has 1 aliphatic heterocycles. The second-order valence-electron chi connectivity index (χ2n) is 6.67. The lowest BCUT2D eigenvalue weighted by molar-refractivity contribution is -0.127. The summed E-state index contributed by atoms with van der Waals surface area (Å²) in [5.41, 5.74) is 2.05. The van der Waals surface area contributed by atoms with Gasteiger partial charge in [-0.25, -0.2) is 14.1 Å². The van der Waals surface area contributed by atoms with Gasteiger partial charge in [-0.05, 0) is 36.1 Å². The van der Waals surface area contributed by atoms with Crippen LogP contribution in [0.3, 0.4) is 0 Å². The molecule has 3 amide bonds. The number of nitrogens with one attached hydrogen (secondary N) is 1. The van der Waals surface area contributed by atoms with Crippen molar-refractivity contribution < 1.29 is 23.5 Å². The van der Waals surface area contributed by atoms with Crippen molar-refractivity contribution in [3.05, 3.63) is 71.0 Å². The molecule has 0 radical (unpaired) electrons. The van der Waals surface area contributed by atoms with Gasteiger partial charge in [-0.15, -0.1) is 0 Å². The maximum Gasteiger partial charge on any atom is 0.417 e. The fourth-order valence-corrected chi connectivity index (χ4v) is 2.98. The molecule has 2 aromatic rings. The fourth-order valence-electron chi connectivity index (χ4n) is 2.98. The quantitative estimate of drug-likeness (QED) is 0.796. The van der Waals surface area contributed by atoms with Gasteiger partial charge in [-0.2, -0.15) is 0 Å². The minimum Gasteiger partial charge on any atom is -0.439 e. The number of carbonyl (C=O) groups excluding carboxylic acids is 3. The van der Waals surface area contributed by atoms with Crippen molar-refractivity contribution in [2.75, 3.05) is 13.2 Å². The maximum atomic E-state index is 13.7. The summed E-state index contributed by atoms with van der Waals surface area (Å²) in [6.45, 7) is 1.39. The molecule has 3 rings (SSSR count). The Labute approximate surface area is 162 Å². The van der Waals surface area contributed by atoms with Crippen molar-refractivity contribution in [1.29, 1.82) is 0 Å². The maximum absolute atomic E-state index is 13.7. The van der Waals surface area contributed by atoms with E-state index in [1.807, 2.05) is 30.3 Å². The molecule has 1 N–H and O–H groups in total. The first-order valence-corrected chi connectivity index (χ1v) is 9.00. The molecule has 1 atom stereocenters. The Morgan fingerprint density at radius 2 is 1.96 bits per heavy atom. The monoisotopic (exact) mass is 384 g/mol. The Morgan fingerprint density at radius 3 is 2.61 bits per heavy atom. The highest BCUT2D eigenvalue weighted by Crippen LogP contribution is 2.18. The van der Waals surface area contributed by atoms with Gasteiger partial charge in [-0.1, -0.05) is 42.5 Å². The number of carbonyl (C=O) groups is 3. The molecule has 0 bridgehead atoms. The van der Waals surface area contributed by atoms with Gasteiger partial charge in [0.05, 0.1) is 12.6 Å².